The second kappa shape index (κ2) is 3.55. The van der Waals surface area contributed by atoms with Crippen LogP contribution in [-0.2, 0) is 4.74 Å². The molecule has 1 aromatic heterocycles. The lowest BCUT2D eigenvalue weighted by molar-refractivity contribution is 0.0600. The number of ether oxygens (including phenoxy) is 1. The molecule has 0 aliphatic heterocycles. The average Bonchev–Trinajstić information content (AvgIpc) is 2.62. The van der Waals surface area contributed by atoms with E-state index in [1.54, 1.807) is 6.07 Å². The number of esters is 1. The van der Waals surface area contributed by atoms with Crippen molar-refractivity contribution in [2.24, 2.45) is 0 Å². The second-order valence-electron chi connectivity index (χ2n) is 2.60. The van der Waals surface area contributed by atoms with Gasteiger partial charge in [-0.15, -0.1) is 11.3 Å². The molecule has 2 aromatic rings. The molecule has 3 nitrogen and oxygen atoms in total. The Balaban J connectivity index is 2.62. The smallest absolute Gasteiger partial charge is 0.367 e. The van der Waals surface area contributed by atoms with Gasteiger partial charge in [0.15, 0.2) is 0 Å². The summed E-state index contributed by atoms with van der Waals surface area (Å²) in [5.74, 6) is -0.428. The molecular weight excluding hydrogens is 222 g/mol. The highest BCUT2D eigenvalue weighted by molar-refractivity contribution is 7.20. The van der Waals surface area contributed by atoms with Crippen LogP contribution in [0.15, 0.2) is 18.2 Å². The van der Waals surface area contributed by atoms with Crippen molar-refractivity contribution in [2.45, 2.75) is 0 Å². The third-order valence-electron chi connectivity index (χ3n) is 1.73. The quantitative estimate of drug-likeness (QED) is 0.704. The number of carbonyl (C=O) groups is 1. The van der Waals surface area contributed by atoms with Crippen LogP contribution in [0.2, 0.25) is 5.02 Å². The predicted octanol–water partition coefficient (Wildman–Crippen LogP) is 2.74. The van der Waals surface area contributed by atoms with Gasteiger partial charge in [0.05, 0.1) is 16.8 Å². The van der Waals surface area contributed by atoms with Crippen LogP contribution in [0.4, 0.5) is 0 Å². The molecule has 14 heavy (non-hydrogen) atoms. The molecule has 0 aliphatic carbocycles. The van der Waals surface area contributed by atoms with E-state index in [2.05, 4.69) is 9.72 Å². The van der Waals surface area contributed by atoms with Gasteiger partial charge in [-0.25, -0.2) is 9.78 Å². The molecule has 0 unspecified atom stereocenters. The fraction of sp³-hybridized carbons (Fsp3) is 0.111. The molecular formula is C9H6ClNO2S. The summed E-state index contributed by atoms with van der Waals surface area (Å²) in [7, 11) is 1.33. The Bertz CT molecular complexity index is 495. The number of thiazole rings is 1. The molecule has 72 valence electrons. The van der Waals surface area contributed by atoms with Gasteiger partial charge >= 0.3 is 5.97 Å². The zero-order valence-electron chi connectivity index (χ0n) is 7.28. The Kier molecular flexibility index (Phi) is 2.39. The van der Waals surface area contributed by atoms with Crippen molar-refractivity contribution < 1.29 is 9.53 Å². The first kappa shape index (κ1) is 9.43. The molecule has 0 saturated heterocycles. The van der Waals surface area contributed by atoms with Crippen molar-refractivity contribution in [1.82, 2.24) is 4.98 Å². The molecule has 0 atom stereocenters. The molecule has 2 rings (SSSR count). The summed E-state index contributed by atoms with van der Waals surface area (Å²) in [6.45, 7) is 0. The van der Waals surface area contributed by atoms with E-state index >= 15 is 0 Å². The van der Waals surface area contributed by atoms with Crippen LogP contribution in [0.3, 0.4) is 0 Å². The monoisotopic (exact) mass is 227 g/mol. The number of hydrogen-bond donors (Lipinski definition) is 0. The predicted molar refractivity (Wildman–Crippen MR) is 56.0 cm³/mol. The highest BCUT2D eigenvalue weighted by Crippen LogP contribution is 2.27. The first-order valence-electron chi connectivity index (χ1n) is 3.85. The molecule has 0 fully saturated rings. The number of aromatic nitrogens is 1. The van der Waals surface area contributed by atoms with Gasteiger partial charge in [-0.2, -0.15) is 0 Å². The van der Waals surface area contributed by atoms with E-state index in [-0.39, 0.29) is 0 Å². The minimum atomic E-state index is -0.428. The Morgan fingerprint density at radius 3 is 3.00 bits per heavy atom. The van der Waals surface area contributed by atoms with Crippen molar-refractivity contribution in [3.8, 4) is 0 Å². The van der Waals surface area contributed by atoms with E-state index in [0.717, 1.165) is 4.70 Å². The molecule has 1 heterocycles. The van der Waals surface area contributed by atoms with Crippen LogP contribution in [0.5, 0.6) is 0 Å². The molecule has 0 saturated carbocycles. The van der Waals surface area contributed by atoms with Gasteiger partial charge in [0.2, 0.25) is 5.01 Å². The van der Waals surface area contributed by atoms with Crippen LogP contribution in [0.1, 0.15) is 9.80 Å². The van der Waals surface area contributed by atoms with Crippen LogP contribution in [0.25, 0.3) is 10.2 Å². The molecule has 5 heteroatoms. The number of benzene rings is 1. The summed E-state index contributed by atoms with van der Waals surface area (Å²) in [5, 5.41) is 0.879. The van der Waals surface area contributed by atoms with E-state index in [1.165, 1.54) is 18.4 Å². The van der Waals surface area contributed by atoms with E-state index in [0.29, 0.717) is 15.5 Å². The summed E-state index contributed by atoms with van der Waals surface area (Å²) >= 11 is 7.18. The number of rotatable bonds is 1. The highest BCUT2D eigenvalue weighted by atomic mass is 35.5. The number of halogens is 1. The van der Waals surface area contributed by atoms with E-state index in [9.17, 15) is 4.79 Å². The number of methoxy groups -OCH3 is 1. The van der Waals surface area contributed by atoms with Gasteiger partial charge in [0.1, 0.15) is 5.52 Å². The SMILES string of the molecule is COC(=O)c1nc2c(Cl)cccc2s1. The molecule has 0 radical (unpaired) electrons. The standard InChI is InChI=1S/C9H6ClNO2S/c1-13-9(12)8-11-7-5(10)3-2-4-6(7)14-8/h2-4H,1H3. The van der Waals surface area contributed by atoms with Crippen LogP contribution in [0, 0.1) is 0 Å². The minimum Gasteiger partial charge on any atom is -0.464 e. The summed E-state index contributed by atoms with van der Waals surface area (Å²) < 4.78 is 5.46. The normalized spacial score (nSPS) is 10.4. The Morgan fingerprint density at radius 1 is 1.57 bits per heavy atom. The van der Waals surface area contributed by atoms with E-state index in [4.69, 9.17) is 11.6 Å². The van der Waals surface area contributed by atoms with Crippen LogP contribution in [-0.4, -0.2) is 18.1 Å². The summed E-state index contributed by atoms with van der Waals surface area (Å²) in [6.07, 6.45) is 0. The maximum Gasteiger partial charge on any atom is 0.367 e. The number of fused-ring (bicyclic) bond motifs is 1. The van der Waals surface area contributed by atoms with Gasteiger partial charge < -0.3 is 4.74 Å². The van der Waals surface area contributed by atoms with Crippen molar-refractivity contribution >= 4 is 39.1 Å². The van der Waals surface area contributed by atoms with E-state index < -0.39 is 5.97 Å². The molecule has 0 N–H and O–H groups in total. The van der Waals surface area contributed by atoms with Crippen molar-refractivity contribution in [2.75, 3.05) is 7.11 Å². The topological polar surface area (TPSA) is 39.2 Å². The molecule has 0 amide bonds. The number of para-hydroxylation sites is 1. The first-order valence-corrected chi connectivity index (χ1v) is 5.05. The maximum atomic E-state index is 11.2. The molecule has 1 aromatic carbocycles. The Morgan fingerprint density at radius 2 is 2.36 bits per heavy atom. The van der Waals surface area contributed by atoms with Gasteiger partial charge in [-0.05, 0) is 12.1 Å². The molecule has 0 aliphatic rings. The number of carbonyl (C=O) groups excluding carboxylic acids is 1. The average molecular weight is 228 g/mol. The largest absolute Gasteiger partial charge is 0.464 e. The van der Waals surface area contributed by atoms with Gasteiger partial charge in [-0.3, -0.25) is 0 Å². The highest BCUT2D eigenvalue weighted by Gasteiger charge is 2.13. The van der Waals surface area contributed by atoms with Crippen molar-refractivity contribution in [3.63, 3.8) is 0 Å². The minimum absolute atomic E-state index is 0.329. The summed E-state index contributed by atoms with van der Waals surface area (Å²) in [6, 6.07) is 5.43. The first-order chi connectivity index (χ1) is 6.72. The van der Waals surface area contributed by atoms with Gasteiger partial charge in [-0.1, -0.05) is 17.7 Å². The molecule has 0 bridgehead atoms. The maximum absolute atomic E-state index is 11.2. The van der Waals surface area contributed by atoms with E-state index in [1.807, 2.05) is 12.1 Å². The third kappa shape index (κ3) is 1.47. The summed E-state index contributed by atoms with van der Waals surface area (Å²) in [4.78, 5) is 15.3. The van der Waals surface area contributed by atoms with Crippen molar-refractivity contribution in [1.29, 1.82) is 0 Å². The Hall–Kier alpha value is -1.13. The fourth-order valence-corrected chi connectivity index (χ4v) is 2.27. The van der Waals surface area contributed by atoms with Crippen LogP contribution < -0.4 is 0 Å². The lowest BCUT2D eigenvalue weighted by Gasteiger charge is -1.90. The third-order valence-corrected chi connectivity index (χ3v) is 3.04. The lowest BCUT2D eigenvalue weighted by Crippen LogP contribution is -1.99. The van der Waals surface area contributed by atoms with Gasteiger partial charge in [0.25, 0.3) is 0 Å². The Labute approximate surface area is 89.3 Å². The number of hydrogen-bond acceptors (Lipinski definition) is 4. The second-order valence-corrected chi connectivity index (χ2v) is 4.04. The molecule has 0 spiro atoms. The van der Waals surface area contributed by atoms with Crippen LogP contribution >= 0.6 is 22.9 Å². The lowest BCUT2D eigenvalue weighted by atomic mass is 10.3. The van der Waals surface area contributed by atoms with Crippen molar-refractivity contribution in [3.05, 3.63) is 28.2 Å². The number of nitrogens with zero attached hydrogens (tertiary/aromatic N) is 1. The zero-order valence-corrected chi connectivity index (χ0v) is 8.85. The zero-order chi connectivity index (χ0) is 10.1. The fourth-order valence-electron chi connectivity index (χ4n) is 1.09. The van der Waals surface area contributed by atoms with Gasteiger partial charge in [0, 0.05) is 0 Å². The summed E-state index contributed by atoms with van der Waals surface area (Å²) in [5.41, 5.74) is 0.652.